The van der Waals surface area contributed by atoms with Crippen LogP contribution in [0.25, 0.3) is 0 Å². The first-order chi connectivity index (χ1) is 10.6. The molecule has 0 radical (unpaired) electrons. The molecule has 0 heterocycles. The largest absolute Gasteiger partial charge is 0.233 e. The van der Waals surface area contributed by atoms with Crippen molar-refractivity contribution in [3.63, 3.8) is 0 Å². The van der Waals surface area contributed by atoms with E-state index in [0.29, 0.717) is 16.8 Å². The average molecular weight is 373 g/mol. The Labute approximate surface area is 147 Å². The smallest absolute Gasteiger partial charge is 0.123 e. The van der Waals surface area contributed by atoms with Gasteiger partial charge in [-0.25, -0.2) is 0 Å². The van der Waals surface area contributed by atoms with Gasteiger partial charge in [0, 0.05) is 15.0 Å². The second kappa shape index (κ2) is 8.64. The van der Waals surface area contributed by atoms with E-state index in [1.165, 1.54) is 15.8 Å². The minimum Gasteiger partial charge on any atom is -0.123 e. The van der Waals surface area contributed by atoms with Gasteiger partial charge in [-0.15, -0.1) is 17.7 Å². The highest BCUT2D eigenvalue weighted by Gasteiger charge is 2.16. The van der Waals surface area contributed by atoms with E-state index in [9.17, 15) is 0 Å². The van der Waals surface area contributed by atoms with Gasteiger partial charge in [0.15, 0.2) is 0 Å². The number of allylic oxidation sites excluding steroid dienone is 1. The van der Waals surface area contributed by atoms with Crippen LogP contribution in [0.3, 0.4) is 0 Å². The molecular weight excluding hydrogens is 351 g/mol. The summed E-state index contributed by atoms with van der Waals surface area (Å²) in [5, 5.41) is 0.600. The van der Waals surface area contributed by atoms with Gasteiger partial charge in [-0.2, -0.15) is 0 Å². The first-order valence-corrected chi connectivity index (χ1v) is 9.49. The van der Waals surface area contributed by atoms with Gasteiger partial charge in [0.2, 0.25) is 6.71 Å². The minimum absolute atomic E-state index is 0.300. The summed E-state index contributed by atoms with van der Waals surface area (Å²) >= 11 is 5.52. The van der Waals surface area contributed by atoms with E-state index in [2.05, 4.69) is 103 Å². The predicted molar refractivity (Wildman–Crippen MR) is 106 cm³/mol. The van der Waals surface area contributed by atoms with Gasteiger partial charge in [-0.3, -0.25) is 0 Å². The zero-order valence-electron chi connectivity index (χ0n) is 13.4. The van der Waals surface area contributed by atoms with Crippen molar-refractivity contribution in [3.05, 3.63) is 66.6 Å². The molecule has 0 aromatic heterocycles. The van der Waals surface area contributed by atoms with Crippen molar-refractivity contribution in [2.24, 2.45) is 0 Å². The highest BCUT2D eigenvalue weighted by molar-refractivity contribution is 9.09. The van der Waals surface area contributed by atoms with Crippen LogP contribution in [0.2, 0.25) is 0 Å². The molecule has 3 heteroatoms. The third kappa shape index (κ3) is 5.37. The Morgan fingerprint density at radius 3 is 2.27 bits per heavy atom. The van der Waals surface area contributed by atoms with Crippen molar-refractivity contribution in [2.45, 2.75) is 35.7 Å². The zero-order valence-corrected chi connectivity index (χ0v) is 15.8. The third-order valence-electron chi connectivity index (χ3n) is 3.32. The monoisotopic (exact) mass is 372 g/mol. The molecule has 2 aromatic rings. The number of hydrogen-bond acceptors (Lipinski definition) is 1. The lowest BCUT2D eigenvalue weighted by molar-refractivity contribution is 1.11. The molecule has 0 amide bonds. The van der Waals surface area contributed by atoms with Crippen molar-refractivity contribution in [1.82, 2.24) is 0 Å². The highest BCUT2D eigenvalue weighted by atomic mass is 79.9. The fraction of sp³-hybridized carbons (Fsp3) is 0.263. The summed E-state index contributed by atoms with van der Waals surface area (Å²) in [5.74, 6) is 2.30. The van der Waals surface area contributed by atoms with Crippen LogP contribution in [0, 0.1) is 0 Å². The molecule has 0 fully saturated rings. The van der Waals surface area contributed by atoms with Crippen molar-refractivity contribution >= 4 is 45.3 Å². The maximum absolute atomic E-state index is 3.60. The Morgan fingerprint density at radius 2 is 1.64 bits per heavy atom. The number of benzene rings is 2. The molecule has 1 unspecified atom stereocenters. The fourth-order valence-corrected chi connectivity index (χ4v) is 3.47. The topological polar surface area (TPSA) is 0 Å². The van der Waals surface area contributed by atoms with Gasteiger partial charge in [-0.05, 0) is 13.0 Å². The van der Waals surface area contributed by atoms with Crippen molar-refractivity contribution in [1.29, 1.82) is 0 Å². The second-order valence-corrected chi connectivity index (χ2v) is 8.78. The van der Waals surface area contributed by atoms with Gasteiger partial charge in [0.05, 0.1) is 0 Å². The Hall–Kier alpha value is -0.925. The number of hydrogen-bond donors (Lipinski definition) is 0. The first-order valence-electron chi connectivity index (χ1n) is 7.70. The Bertz CT molecular complexity index is 608. The molecule has 0 nitrogen and oxygen atoms in total. The van der Waals surface area contributed by atoms with Crippen LogP contribution in [0.4, 0.5) is 0 Å². The van der Waals surface area contributed by atoms with Crippen LogP contribution >= 0.6 is 27.7 Å². The molecule has 0 saturated carbocycles. The predicted octanol–water partition coefficient (Wildman–Crippen LogP) is 4.67. The highest BCUT2D eigenvalue weighted by Crippen LogP contribution is 2.21. The third-order valence-corrected chi connectivity index (χ3v) is 4.62. The van der Waals surface area contributed by atoms with Crippen LogP contribution in [0.15, 0.2) is 71.5 Å². The molecule has 0 aliphatic heterocycles. The van der Waals surface area contributed by atoms with Crippen molar-refractivity contribution in [3.8, 4) is 0 Å². The minimum atomic E-state index is 0.300. The maximum Gasteiger partial charge on any atom is 0.233 e. The number of halogens is 1. The fourth-order valence-electron chi connectivity index (χ4n) is 2.39. The SMILES string of the molecule is CC(Br)C=CB(c1ccccc1)c1cccc(SC(C)C)c1. The molecule has 114 valence electrons. The summed E-state index contributed by atoms with van der Waals surface area (Å²) in [6.45, 7) is 6.91. The summed E-state index contributed by atoms with van der Waals surface area (Å²) in [7, 11) is 0. The summed E-state index contributed by atoms with van der Waals surface area (Å²) in [5.41, 5.74) is 2.68. The van der Waals surface area contributed by atoms with Gasteiger partial charge in [0.25, 0.3) is 0 Å². The van der Waals surface area contributed by atoms with Crippen LogP contribution in [0.5, 0.6) is 0 Å². The van der Waals surface area contributed by atoms with Crippen molar-refractivity contribution in [2.75, 3.05) is 0 Å². The Balaban J connectivity index is 2.36. The van der Waals surface area contributed by atoms with E-state index in [1.807, 2.05) is 11.8 Å². The van der Waals surface area contributed by atoms with Crippen LogP contribution in [-0.4, -0.2) is 16.8 Å². The van der Waals surface area contributed by atoms with E-state index < -0.39 is 0 Å². The lowest BCUT2D eigenvalue weighted by Crippen LogP contribution is -2.40. The second-order valence-electron chi connectivity index (χ2n) is 5.69. The molecule has 0 spiro atoms. The summed E-state index contributed by atoms with van der Waals surface area (Å²) < 4.78 is 0. The normalized spacial score (nSPS) is 12.8. The first kappa shape index (κ1) is 17.4. The van der Waals surface area contributed by atoms with E-state index in [4.69, 9.17) is 0 Å². The Kier molecular flexibility index (Phi) is 6.85. The molecule has 22 heavy (non-hydrogen) atoms. The average Bonchev–Trinajstić information content (AvgIpc) is 2.48. The quantitative estimate of drug-likeness (QED) is 0.403. The van der Waals surface area contributed by atoms with Crippen LogP contribution in [0.1, 0.15) is 20.8 Å². The van der Waals surface area contributed by atoms with Crippen LogP contribution < -0.4 is 10.9 Å². The van der Waals surface area contributed by atoms with Gasteiger partial charge >= 0.3 is 0 Å². The number of thioether (sulfide) groups is 1. The molecule has 1 atom stereocenters. The molecule has 0 saturated heterocycles. The molecule has 2 aromatic carbocycles. The maximum atomic E-state index is 3.60. The van der Waals surface area contributed by atoms with Crippen molar-refractivity contribution < 1.29 is 0 Å². The molecule has 0 N–H and O–H groups in total. The van der Waals surface area contributed by atoms with Crippen LogP contribution in [-0.2, 0) is 0 Å². The van der Waals surface area contributed by atoms with Gasteiger partial charge < -0.3 is 0 Å². The molecule has 0 aliphatic rings. The summed E-state index contributed by atoms with van der Waals surface area (Å²) in [6, 6.07) is 19.6. The van der Waals surface area contributed by atoms with Gasteiger partial charge in [0.1, 0.15) is 0 Å². The molecular formula is C19H22BBrS. The number of alkyl halides is 1. The molecule has 0 aliphatic carbocycles. The number of rotatable bonds is 6. The molecule has 2 rings (SSSR count). The zero-order chi connectivity index (χ0) is 15.9. The van der Waals surface area contributed by atoms with E-state index >= 15 is 0 Å². The standard InChI is InChI=1S/C19H22BBrS/c1-15(2)22-19-11-7-10-18(14-19)20(13-12-16(3)21)17-8-5-4-6-9-17/h4-16H,1-3H3. The summed E-state index contributed by atoms with van der Waals surface area (Å²) in [6.07, 6.45) is 2.22. The summed E-state index contributed by atoms with van der Waals surface area (Å²) in [4.78, 5) is 1.72. The van der Waals surface area contributed by atoms with E-state index in [0.717, 1.165) is 0 Å². The molecule has 0 bridgehead atoms. The lowest BCUT2D eigenvalue weighted by Gasteiger charge is -2.13. The van der Waals surface area contributed by atoms with E-state index in [-0.39, 0.29) is 0 Å². The van der Waals surface area contributed by atoms with Gasteiger partial charge in [-0.1, -0.05) is 95.3 Å². The van der Waals surface area contributed by atoms with E-state index in [1.54, 1.807) is 0 Å². The Morgan fingerprint density at radius 1 is 0.955 bits per heavy atom. The lowest BCUT2D eigenvalue weighted by atomic mass is 9.40.